The topological polar surface area (TPSA) is 100 Å². The first-order valence-corrected chi connectivity index (χ1v) is 11.0. The van der Waals surface area contributed by atoms with E-state index in [0.717, 1.165) is 18.5 Å². The zero-order chi connectivity index (χ0) is 20.1. The van der Waals surface area contributed by atoms with E-state index in [-0.39, 0.29) is 35.5 Å². The molecule has 2 aromatic rings. The minimum Gasteiger partial charge on any atom is -0.392 e. The van der Waals surface area contributed by atoms with E-state index in [4.69, 9.17) is 0 Å². The molecule has 3 rings (SSSR count). The highest BCUT2D eigenvalue weighted by Gasteiger charge is 2.28. The van der Waals surface area contributed by atoms with Crippen LogP contribution >= 0.6 is 0 Å². The number of piperidine rings is 1. The molecular weight excluding hydrogens is 378 g/mol. The maximum absolute atomic E-state index is 12.7. The largest absolute Gasteiger partial charge is 0.392 e. The zero-order valence-electron chi connectivity index (χ0n) is 15.9. The first-order valence-electron chi connectivity index (χ1n) is 9.39. The van der Waals surface area contributed by atoms with Crippen LogP contribution in [-0.4, -0.2) is 53.1 Å². The van der Waals surface area contributed by atoms with Gasteiger partial charge in [0.25, 0.3) is 0 Å². The Bertz CT molecular complexity index is 932. The van der Waals surface area contributed by atoms with E-state index in [2.05, 4.69) is 9.97 Å². The van der Waals surface area contributed by atoms with E-state index in [1.165, 1.54) is 0 Å². The third kappa shape index (κ3) is 4.74. The fourth-order valence-electron chi connectivity index (χ4n) is 3.54. The lowest BCUT2D eigenvalue weighted by Crippen LogP contribution is -2.40. The van der Waals surface area contributed by atoms with E-state index >= 15 is 0 Å². The summed E-state index contributed by atoms with van der Waals surface area (Å²) in [6.07, 6.45) is 3.27. The molecule has 7 nitrogen and oxygen atoms in total. The van der Waals surface area contributed by atoms with E-state index in [1.807, 2.05) is 0 Å². The molecule has 1 N–H and O–H groups in total. The number of benzene rings is 1. The Morgan fingerprint density at radius 3 is 2.75 bits per heavy atom. The van der Waals surface area contributed by atoms with Gasteiger partial charge in [0.1, 0.15) is 5.82 Å². The number of aliphatic hydroxyl groups excluding tert-OH is 1. The van der Waals surface area contributed by atoms with Gasteiger partial charge in [0.15, 0.2) is 9.84 Å². The summed E-state index contributed by atoms with van der Waals surface area (Å²) in [5.41, 5.74) is 1.46. The fourth-order valence-corrected chi connectivity index (χ4v) is 4.79. The van der Waals surface area contributed by atoms with Gasteiger partial charge in [-0.2, -0.15) is 0 Å². The summed E-state index contributed by atoms with van der Waals surface area (Å²) in [5, 5.41) is 9.57. The van der Waals surface area contributed by atoms with Gasteiger partial charge in [-0.3, -0.25) is 4.79 Å². The Balaban J connectivity index is 1.66. The maximum Gasteiger partial charge on any atom is 0.223 e. The summed E-state index contributed by atoms with van der Waals surface area (Å²) < 4.78 is 24.8. The predicted molar refractivity (Wildman–Crippen MR) is 104 cm³/mol. The number of nitrogens with zero attached hydrogens (tertiary/aromatic N) is 3. The Morgan fingerprint density at radius 2 is 2.04 bits per heavy atom. The van der Waals surface area contributed by atoms with Crippen molar-refractivity contribution in [3.8, 4) is 0 Å². The molecule has 1 aliphatic heterocycles. The molecule has 1 atom stereocenters. The van der Waals surface area contributed by atoms with Gasteiger partial charge < -0.3 is 10.0 Å². The lowest BCUT2D eigenvalue weighted by Gasteiger charge is -2.33. The number of likely N-dealkylation sites (tertiary alicyclic amines) is 1. The Morgan fingerprint density at radius 1 is 1.29 bits per heavy atom. The van der Waals surface area contributed by atoms with Crippen molar-refractivity contribution in [2.45, 2.75) is 43.6 Å². The Labute approximate surface area is 165 Å². The summed E-state index contributed by atoms with van der Waals surface area (Å²) in [7, 11) is -3.48. The molecule has 1 aromatic carbocycles. The van der Waals surface area contributed by atoms with Crippen molar-refractivity contribution in [1.82, 2.24) is 14.9 Å². The van der Waals surface area contributed by atoms with Gasteiger partial charge in [-0.15, -0.1) is 0 Å². The van der Waals surface area contributed by atoms with Crippen molar-refractivity contribution >= 4 is 15.7 Å². The molecule has 0 saturated carbocycles. The van der Waals surface area contributed by atoms with Crippen LogP contribution in [0.25, 0.3) is 0 Å². The Kier molecular flexibility index (Phi) is 6.41. The first kappa shape index (κ1) is 20.4. The van der Waals surface area contributed by atoms with Gasteiger partial charge in [-0.25, -0.2) is 18.4 Å². The molecule has 0 radical (unpaired) electrons. The highest BCUT2D eigenvalue weighted by Crippen LogP contribution is 2.28. The molecule has 1 unspecified atom stereocenters. The number of carbonyl (C=O) groups is 1. The van der Waals surface area contributed by atoms with Crippen LogP contribution < -0.4 is 0 Å². The highest BCUT2D eigenvalue weighted by molar-refractivity contribution is 7.91. The average Bonchev–Trinajstić information content (AvgIpc) is 2.73. The predicted octanol–water partition coefficient (Wildman–Crippen LogP) is 1.85. The van der Waals surface area contributed by atoms with Crippen molar-refractivity contribution < 1.29 is 18.3 Å². The van der Waals surface area contributed by atoms with E-state index < -0.39 is 9.84 Å². The molecule has 0 spiro atoms. The van der Waals surface area contributed by atoms with Crippen molar-refractivity contribution in [3.63, 3.8) is 0 Å². The van der Waals surface area contributed by atoms with Gasteiger partial charge >= 0.3 is 0 Å². The number of hydrogen-bond acceptors (Lipinski definition) is 6. The molecule has 1 aliphatic rings. The highest BCUT2D eigenvalue weighted by atomic mass is 32.2. The average molecular weight is 404 g/mol. The number of aromatic nitrogens is 2. The van der Waals surface area contributed by atoms with Gasteiger partial charge in [0.2, 0.25) is 5.91 Å². The quantitative estimate of drug-likeness (QED) is 0.790. The molecule has 1 saturated heterocycles. The third-order valence-corrected chi connectivity index (χ3v) is 6.77. The van der Waals surface area contributed by atoms with Crippen molar-refractivity contribution in [2.24, 2.45) is 0 Å². The first-order chi connectivity index (χ1) is 13.4. The fraction of sp³-hybridized carbons (Fsp3) is 0.450. The lowest BCUT2D eigenvalue weighted by atomic mass is 9.92. The lowest BCUT2D eigenvalue weighted by molar-refractivity contribution is -0.132. The number of aliphatic hydroxyl groups is 1. The van der Waals surface area contributed by atoms with Crippen LogP contribution in [0.2, 0.25) is 0 Å². The summed E-state index contributed by atoms with van der Waals surface area (Å²) in [6, 6.07) is 8.20. The second-order valence-electron chi connectivity index (χ2n) is 7.05. The van der Waals surface area contributed by atoms with Crippen LogP contribution in [-0.2, 0) is 21.2 Å². The maximum atomic E-state index is 12.7. The third-order valence-electron chi connectivity index (χ3n) is 5.04. The number of aryl methyl sites for hydroxylation is 1. The number of sulfone groups is 1. The van der Waals surface area contributed by atoms with Gasteiger partial charge in [-0.1, -0.05) is 18.2 Å². The smallest absolute Gasteiger partial charge is 0.223 e. The molecule has 28 heavy (non-hydrogen) atoms. The monoisotopic (exact) mass is 403 g/mol. The molecule has 150 valence electrons. The van der Waals surface area contributed by atoms with Crippen LogP contribution in [0.1, 0.15) is 42.3 Å². The van der Waals surface area contributed by atoms with E-state index in [9.17, 15) is 18.3 Å². The number of carbonyl (C=O) groups excluding carboxylic acids is 1. The van der Waals surface area contributed by atoms with Crippen molar-refractivity contribution in [2.75, 3.05) is 18.8 Å². The SMILES string of the molecule is Cc1ncc(CO)c(C2CCCN(C(=O)CCS(=O)(=O)c3ccccc3)C2)n1. The number of amides is 1. The molecule has 1 fully saturated rings. The zero-order valence-corrected chi connectivity index (χ0v) is 16.7. The van der Waals surface area contributed by atoms with Crippen LogP contribution in [0.5, 0.6) is 0 Å². The molecule has 2 heterocycles. The van der Waals surface area contributed by atoms with Crippen molar-refractivity contribution in [1.29, 1.82) is 0 Å². The molecule has 0 bridgehead atoms. The molecule has 1 amide bonds. The summed E-state index contributed by atoms with van der Waals surface area (Å²) >= 11 is 0. The van der Waals surface area contributed by atoms with Crippen LogP contribution in [0.3, 0.4) is 0 Å². The minimum absolute atomic E-state index is 0.0206. The van der Waals surface area contributed by atoms with Gasteiger partial charge in [0.05, 0.1) is 22.9 Å². The van der Waals surface area contributed by atoms with Crippen LogP contribution in [0.15, 0.2) is 41.4 Å². The number of rotatable bonds is 6. The summed E-state index contributed by atoms with van der Waals surface area (Å²) in [5.74, 6) is 0.281. The molecule has 8 heteroatoms. The van der Waals surface area contributed by atoms with Crippen molar-refractivity contribution in [3.05, 3.63) is 53.6 Å². The molecule has 1 aromatic heterocycles. The van der Waals surface area contributed by atoms with Crippen LogP contribution in [0.4, 0.5) is 0 Å². The standard InChI is InChI=1S/C20H25N3O4S/c1-15-21-12-17(14-24)20(22-15)16-6-5-10-23(13-16)19(25)9-11-28(26,27)18-7-3-2-4-8-18/h2-4,7-8,12,16,24H,5-6,9-11,13-14H2,1H3. The van der Waals surface area contributed by atoms with E-state index in [0.29, 0.717) is 24.5 Å². The molecule has 0 aliphatic carbocycles. The summed E-state index contributed by atoms with van der Waals surface area (Å²) in [4.78, 5) is 23.2. The van der Waals surface area contributed by atoms with E-state index in [1.54, 1.807) is 48.4 Å². The Hall–Kier alpha value is -2.32. The second-order valence-corrected chi connectivity index (χ2v) is 9.16. The second kappa shape index (κ2) is 8.79. The molecular formula is C20H25N3O4S. The van der Waals surface area contributed by atoms with Gasteiger partial charge in [-0.05, 0) is 31.9 Å². The van der Waals surface area contributed by atoms with Gasteiger partial charge in [0, 0.05) is 37.2 Å². The minimum atomic E-state index is -3.48. The normalized spacial score (nSPS) is 17.5. The summed E-state index contributed by atoms with van der Waals surface area (Å²) in [6.45, 7) is 2.74. The number of hydrogen-bond donors (Lipinski definition) is 1. The van der Waals surface area contributed by atoms with Crippen LogP contribution in [0, 0.1) is 6.92 Å².